The van der Waals surface area contributed by atoms with E-state index in [1.54, 1.807) is 24.3 Å². The normalized spacial score (nSPS) is 12.5. The van der Waals surface area contributed by atoms with Gasteiger partial charge in [-0.25, -0.2) is 4.98 Å². The van der Waals surface area contributed by atoms with Crippen molar-refractivity contribution in [2.45, 2.75) is 39.0 Å². The lowest BCUT2D eigenvalue weighted by Crippen LogP contribution is -2.27. The lowest BCUT2D eigenvalue weighted by molar-refractivity contribution is -0.140. The molecule has 0 saturated carbocycles. The molecule has 0 aliphatic rings. The Morgan fingerprint density at radius 2 is 1.95 bits per heavy atom. The van der Waals surface area contributed by atoms with E-state index in [-0.39, 0.29) is 0 Å². The van der Waals surface area contributed by atoms with Crippen molar-refractivity contribution in [3.63, 3.8) is 0 Å². The molecule has 0 aliphatic heterocycles. The summed E-state index contributed by atoms with van der Waals surface area (Å²) in [5, 5.41) is 3.19. The molecule has 0 fully saturated rings. The predicted molar refractivity (Wildman–Crippen MR) is 72.6 cm³/mol. The lowest BCUT2D eigenvalue weighted by atomic mass is 10.3. The summed E-state index contributed by atoms with van der Waals surface area (Å²) in [6.07, 6.45) is -3.77. The van der Waals surface area contributed by atoms with E-state index in [1.807, 2.05) is 13.8 Å². The number of benzene rings is 1. The lowest BCUT2D eigenvalue weighted by Gasteiger charge is -2.13. The van der Waals surface area contributed by atoms with E-state index >= 15 is 0 Å². The number of rotatable bonds is 5. The molecule has 1 heterocycles. The Kier molecular flexibility index (Phi) is 4.32. The van der Waals surface area contributed by atoms with Gasteiger partial charge in [0.25, 0.3) is 0 Å². The molecule has 1 aromatic heterocycles. The number of para-hydroxylation sites is 2. The van der Waals surface area contributed by atoms with Crippen LogP contribution in [0.1, 0.15) is 19.7 Å². The van der Waals surface area contributed by atoms with E-state index in [1.165, 1.54) is 4.57 Å². The average molecular weight is 285 g/mol. The van der Waals surface area contributed by atoms with Gasteiger partial charge in [0, 0.05) is 19.0 Å². The molecule has 6 heteroatoms. The Labute approximate surface area is 115 Å². The number of nitrogens with zero attached hydrogens (tertiary/aromatic N) is 2. The third-order valence-electron chi connectivity index (χ3n) is 2.97. The van der Waals surface area contributed by atoms with Crippen molar-refractivity contribution in [2.24, 2.45) is 0 Å². The van der Waals surface area contributed by atoms with Crippen molar-refractivity contribution in [3.05, 3.63) is 30.1 Å². The monoisotopic (exact) mass is 285 g/mol. The number of nitrogens with one attached hydrogen (secondary N) is 1. The number of fused-ring (bicyclic) bond motifs is 1. The smallest absolute Gasteiger partial charge is 0.319 e. The Hall–Kier alpha value is -1.56. The van der Waals surface area contributed by atoms with Crippen molar-refractivity contribution in [3.8, 4) is 0 Å². The molecule has 2 rings (SSSR count). The standard InChI is InChI=1S/C14H18F3N3/c1-10(2)18-8-7-13-19-11-5-3-4-6-12(11)20(13)9-14(15,16)17/h3-6,10,18H,7-9H2,1-2H3. The van der Waals surface area contributed by atoms with Crippen LogP contribution in [0.25, 0.3) is 11.0 Å². The van der Waals surface area contributed by atoms with E-state index in [4.69, 9.17) is 0 Å². The fourth-order valence-electron chi connectivity index (χ4n) is 2.14. The topological polar surface area (TPSA) is 29.9 Å². The zero-order valence-electron chi connectivity index (χ0n) is 11.5. The van der Waals surface area contributed by atoms with E-state index in [9.17, 15) is 13.2 Å². The summed E-state index contributed by atoms with van der Waals surface area (Å²) >= 11 is 0. The number of imidazole rings is 1. The maximum absolute atomic E-state index is 12.7. The van der Waals surface area contributed by atoms with Crippen LogP contribution in [0, 0.1) is 0 Å². The third-order valence-corrected chi connectivity index (χ3v) is 2.97. The number of halogens is 3. The van der Waals surface area contributed by atoms with Crippen LogP contribution < -0.4 is 5.32 Å². The minimum atomic E-state index is -4.25. The number of hydrogen-bond donors (Lipinski definition) is 1. The van der Waals surface area contributed by atoms with E-state index < -0.39 is 12.7 Å². The van der Waals surface area contributed by atoms with Gasteiger partial charge in [0.2, 0.25) is 0 Å². The molecule has 0 radical (unpaired) electrons. The van der Waals surface area contributed by atoms with Crippen LogP contribution in [0.3, 0.4) is 0 Å². The molecule has 110 valence electrons. The summed E-state index contributed by atoms with van der Waals surface area (Å²) in [4.78, 5) is 4.32. The first-order valence-corrected chi connectivity index (χ1v) is 6.61. The summed E-state index contributed by atoms with van der Waals surface area (Å²) in [5.74, 6) is 0.469. The van der Waals surface area contributed by atoms with E-state index in [0.29, 0.717) is 35.9 Å². The Morgan fingerprint density at radius 3 is 2.60 bits per heavy atom. The molecular formula is C14H18F3N3. The van der Waals surface area contributed by atoms with Crippen molar-refractivity contribution in [2.75, 3.05) is 6.54 Å². The number of hydrogen-bond acceptors (Lipinski definition) is 2. The Balaban J connectivity index is 2.29. The molecule has 0 amide bonds. The highest BCUT2D eigenvalue weighted by atomic mass is 19.4. The minimum absolute atomic E-state index is 0.301. The molecule has 20 heavy (non-hydrogen) atoms. The summed E-state index contributed by atoms with van der Waals surface area (Å²) < 4.78 is 39.4. The van der Waals surface area contributed by atoms with Gasteiger partial charge in [-0.15, -0.1) is 0 Å². The van der Waals surface area contributed by atoms with Crippen LogP contribution in [-0.4, -0.2) is 28.3 Å². The van der Waals surface area contributed by atoms with Gasteiger partial charge in [0.05, 0.1) is 11.0 Å². The molecule has 2 aromatic rings. The third kappa shape index (κ3) is 3.72. The zero-order valence-corrected chi connectivity index (χ0v) is 11.5. The average Bonchev–Trinajstić information content (AvgIpc) is 2.66. The van der Waals surface area contributed by atoms with E-state index in [2.05, 4.69) is 10.3 Å². The molecule has 1 aromatic carbocycles. The second kappa shape index (κ2) is 5.83. The van der Waals surface area contributed by atoms with Crippen LogP contribution in [0.4, 0.5) is 13.2 Å². The number of aromatic nitrogens is 2. The van der Waals surface area contributed by atoms with Gasteiger partial charge in [-0.1, -0.05) is 26.0 Å². The van der Waals surface area contributed by atoms with Crippen LogP contribution in [-0.2, 0) is 13.0 Å². The number of alkyl halides is 3. The SMILES string of the molecule is CC(C)NCCc1nc2ccccc2n1CC(F)(F)F. The van der Waals surface area contributed by atoms with Gasteiger partial charge in [-0.3, -0.25) is 0 Å². The van der Waals surface area contributed by atoms with Crippen LogP contribution in [0.15, 0.2) is 24.3 Å². The molecule has 3 nitrogen and oxygen atoms in total. The molecule has 0 bridgehead atoms. The largest absolute Gasteiger partial charge is 0.406 e. The maximum Gasteiger partial charge on any atom is 0.406 e. The Morgan fingerprint density at radius 1 is 1.25 bits per heavy atom. The quantitative estimate of drug-likeness (QED) is 0.914. The van der Waals surface area contributed by atoms with Crippen LogP contribution >= 0.6 is 0 Å². The van der Waals surface area contributed by atoms with Crippen LogP contribution in [0.2, 0.25) is 0 Å². The zero-order chi connectivity index (χ0) is 14.8. The first kappa shape index (κ1) is 14.8. The fraction of sp³-hybridized carbons (Fsp3) is 0.500. The highest BCUT2D eigenvalue weighted by molar-refractivity contribution is 5.75. The minimum Gasteiger partial charge on any atom is -0.319 e. The van der Waals surface area contributed by atoms with Crippen LogP contribution in [0.5, 0.6) is 0 Å². The molecule has 0 spiro atoms. The fourth-order valence-corrected chi connectivity index (χ4v) is 2.14. The van der Waals surface area contributed by atoms with Crippen molar-refractivity contribution < 1.29 is 13.2 Å². The summed E-state index contributed by atoms with van der Waals surface area (Å²) in [6.45, 7) is 3.61. The second-order valence-electron chi connectivity index (χ2n) is 5.08. The molecule has 0 saturated heterocycles. The molecular weight excluding hydrogens is 267 g/mol. The summed E-state index contributed by atoms with van der Waals surface area (Å²) in [5.41, 5.74) is 1.14. The summed E-state index contributed by atoms with van der Waals surface area (Å²) in [7, 11) is 0. The maximum atomic E-state index is 12.7. The van der Waals surface area contributed by atoms with Gasteiger partial charge < -0.3 is 9.88 Å². The molecule has 0 atom stereocenters. The van der Waals surface area contributed by atoms with Gasteiger partial charge in [0.15, 0.2) is 0 Å². The summed E-state index contributed by atoms with van der Waals surface area (Å²) in [6, 6.07) is 7.22. The van der Waals surface area contributed by atoms with Gasteiger partial charge in [0.1, 0.15) is 12.4 Å². The van der Waals surface area contributed by atoms with Crippen molar-refractivity contribution >= 4 is 11.0 Å². The van der Waals surface area contributed by atoms with Gasteiger partial charge in [-0.2, -0.15) is 13.2 Å². The highest BCUT2D eigenvalue weighted by Crippen LogP contribution is 2.23. The highest BCUT2D eigenvalue weighted by Gasteiger charge is 2.30. The van der Waals surface area contributed by atoms with Gasteiger partial charge in [-0.05, 0) is 12.1 Å². The molecule has 1 N–H and O–H groups in total. The van der Waals surface area contributed by atoms with Crippen molar-refractivity contribution in [1.82, 2.24) is 14.9 Å². The first-order valence-electron chi connectivity index (χ1n) is 6.61. The van der Waals surface area contributed by atoms with E-state index in [0.717, 1.165) is 0 Å². The first-order chi connectivity index (χ1) is 9.37. The Bertz CT molecular complexity index is 573. The predicted octanol–water partition coefficient (Wildman–Crippen LogP) is 3.14. The molecule has 0 unspecified atom stereocenters. The second-order valence-corrected chi connectivity index (χ2v) is 5.08. The van der Waals surface area contributed by atoms with Gasteiger partial charge >= 0.3 is 6.18 Å². The van der Waals surface area contributed by atoms with Crippen molar-refractivity contribution in [1.29, 1.82) is 0 Å². The molecule has 0 aliphatic carbocycles.